The molecular formula is C17H33N3O9. The van der Waals surface area contributed by atoms with Gasteiger partial charge in [0.1, 0.15) is 42.7 Å². The maximum Gasteiger partial charge on any atom is 0.249 e. The molecule has 11 N–H and O–H groups in total. The number of ether oxygens (including phenoxy) is 2. The lowest BCUT2D eigenvalue weighted by atomic mass is 9.84. The van der Waals surface area contributed by atoms with Crippen molar-refractivity contribution in [3.05, 3.63) is 0 Å². The van der Waals surface area contributed by atoms with Crippen LogP contribution < -0.4 is 16.8 Å². The fourth-order valence-corrected chi connectivity index (χ4v) is 3.64. The van der Waals surface area contributed by atoms with Gasteiger partial charge in [-0.3, -0.25) is 4.79 Å². The number of hydrogen-bond donors (Lipinski definition) is 9. The number of aliphatic hydroxyl groups excluding tert-OH is 6. The van der Waals surface area contributed by atoms with Crippen LogP contribution in [0.3, 0.4) is 0 Å². The third-order valence-electron chi connectivity index (χ3n) is 5.46. The second-order valence-corrected chi connectivity index (χ2v) is 7.69. The van der Waals surface area contributed by atoms with E-state index in [4.69, 9.17) is 20.9 Å². The second kappa shape index (κ2) is 10.4. The van der Waals surface area contributed by atoms with E-state index in [-0.39, 0.29) is 12.8 Å². The average molecular weight is 423 g/mol. The van der Waals surface area contributed by atoms with Crippen molar-refractivity contribution in [3.8, 4) is 0 Å². The lowest BCUT2D eigenvalue weighted by Gasteiger charge is -2.46. The Morgan fingerprint density at radius 3 is 2.41 bits per heavy atom. The number of carbonyl (C=O) groups is 1. The van der Waals surface area contributed by atoms with Gasteiger partial charge in [-0.05, 0) is 12.8 Å². The normalized spacial score (nSPS) is 44.3. The highest BCUT2D eigenvalue weighted by Crippen LogP contribution is 2.27. The highest BCUT2D eigenvalue weighted by molar-refractivity contribution is 5.80. The standard InChI is InChI=1S/C17H33N3O9/c1-2-3-8(22)16(27)20-7-4-6(18)15(14(26)11(7)23)29-17-10(19)13(25)12(24)9(5-21)28-17/h6-15,17,21-26H,2-5,18-19H2,1H3,(H,20,27)/t6?,7-,8+,9?,10?,11?,12+,13-,14-,15+,17+/m1/s1. The van der Waals surface area contributed by atoms with E-state index in [9.17, 15) is 35.4 Å². The first-order valence-corrected chi connectivity index (χ1v) is 9.75. The Balaban J connectivity index is 2.02. The molecule has 29 heavy (non-hydrogen) atoms. The predicted molar refractivity (Wildman–Crippen MR) is 98.1 cm³/mol. The minimum Gasteiger partial charge on any atom is -0.394 e. The predicted octanol–water partition coefficient (Wildman–Crippen LogP) is -4.76. The first-order valence-electron chi connectivity index (χ1n) is 9.75. The van der Waals surface area contributed by atoms with Gasteiger partial charge in [-0.1, -0.05) is 13.3 Å². The number of nitrogens with two attached hydrogens (primary N) is 2. The molecule has 1 heterocycles. The third kappa shape index (κ3) is 5.41. The first kappa shape index (κ1) is 24.3. The van der Waals surface area contributed by atoms with Crippen LogP contribution in [0.5, 0.6) is 0 Å². The van der Waals surface area contributed by atoms with Crippen molar-refractivity contribution in [3.63, 3.8) is 0 Å². The minimum absolute atomic E-state index is 0.0318. The molecule has 0 spiro atoms. The number of amides is 1. The van der Waals surface area contributed by atoms with Gasteiger partial charge in [0.25, 0.3) is 0 Å². The number of nitrogens with one attached hydrogen (secondary N) is 1. The number of aliphatic hydroxyl groups is 6. The quantitative estimate of drug-likeness (QED) is 0.189. The Labute approximate surface area is 168 Å². The molecule has 0 aromatic rings. The van der Waals surface area contributed by atoms with Crippen LogP contribution in [-0.2, 0) is 14.3 Å². The van der Waals surface area contributed by atoms with Gasteiger partial charge in [0.05, 0.1) is 18.7 Å². The summed E-state index contributed by atoms with van der Waals surface area (Å²) in [4.78, 5) is 12.0. The van der Waals surface area contributed by atoms with E-state index in [2.05, 4.69) is 5.32 Å². The van der Waals surface area contributed by atoms with E-state index < -0.39 is 79.7 Å². The number of carbonyl (C=O) groups excluding carboxylic acids is 1. The zero-order valence-electron chi connectivity index (χ0n) is 16.2. The molecule has 0 radical (unpaired) electrons. The van der Waals surface area contributed by atoms with Crippen LogP contribution in [0.15, 0.2) is 0 Å². The van der Waals surface area contributed by atoms with Crippen LogP contribution in [0.25, 0.3) is 0 Å². The Morgan fingerprint density at radius 2 is 1.83 bits per heavy atom. The van der Waals surface area contributed by atoms with Gasteiger partial charge in [-0.25, -0.2) is 0 Å². The molecule has 2 fully saturated rings. The minimum atomic E-state index is -1.53. The van der Waals surface area contributed by atoms with Gasteiger partial charge in [-0.2, -0.15) is 0 Å². The highest BCUT2D eigenvalue weighted by atomic mass is 16.7. The molecular weight excluding hydrogens is 390 g/mol. The third-order valence-corrected chi connectivity index (χ3v) is 5.46. The average Bonchev–Trinajstić information content (AvgIpc) is 2.69. The van der Waals surface area contributed by atoms with Crippen molar-refractivity contribution < 1.29 is 44.9 Å². The van der Waals surface area contributed by atoms with Gasteiger partial charge in [0, 0.05) is 6.04 Å². The van der Waals surface area contributed by atoms with E-state index in [1.54, 1.807) is 0 Å². The van der Waals surface area contributed by atoms with Crippen molar-refractivity contribution in [1.82, 2.24) is 5.32 Å². The Morgan fingerprint density at radius 1 is 1.17 bits per heavy atom. The molecule has 2 rings (SSSR count). The van der Waals surface area contributed by atoms with Gasteiger partial charge >= 0.3 is 0 Å². The molecule has 12 nitrogen and oxygen atoms in total. The molecule has 11 atom stereocenters. The van der Waals surface area contributed by atoms with E-state index >= 15 is 0 Å². The molecule has 1 aliphatic heterocycles. The van der Waals surface area contributed by atoms with Crippen LogP contribution in [0.1, 0.15) is 26.2 Å². The summed E-state index contributed by atoms with van der Waals surface area (Å²) < 4.78 is 11.0. The Hall–Kier alpha value is -0.930. The summed E-state index contributed by atoms with van der Waals surface area (Å²) in [5, 5.41) is 62.2. The second-order valence-electron chi connectivity index (χ2n) is 7.69. The van der Waals surface area contributed by atoms with Crippen LogP contribution in [0.2, 0.25) is 0 Å². The molecule has 1 saturated heterocycles. The van der Waals surface area contributed by atoms with Crippen molar-refractivity contribution >= 4 is 5.91 Å². The summed E-state index contributed by atoms with van der Waals surface area (Å²) in [6.07, 6.45) is -9.79. The fraction of sp³-hybridized carbons (Fsp3) is 0.941. The van der Waals surface area contributed by atoms with Crippen molar-refractivity contribution in [2.45, 2.75) is 93.3 Å². The summed E-state index contributed by atoms with van der Waals surface area (Å²) in [7, 11) is 0. The molecule has 1 amide bonds. The summed E-state index contributed by atoms with van der Waals surface area (Å²) in [5.74, 6) is -0.671. The van der Waals surface area contributed by atoms with Gasteiger partial charge in [0.15, 0.2) is 6.29 Å². The van der Waals surface area contributed by atoms with Crippen LogP contribution >= 0.6 is 0 Å². The van der Waals surface area contributed by atoms with Gasteiger partial charge in [-0.15, -0.1) is 0 Å². The van der Waals surface area contributed by atoms with Crippen LogP contribution in [0, 0.1) is 0 Å². The van der Waals surface area contributed by atoms with Crippen molar-refractivity contribution in [2.24, 2.45) is 11.5 Å². The summed E-state index contributed by atoms with van der Waals surface area (Å²) in [5.41, 5.74) is 11.9. The molecule has 1 saturated carbocycles. The number of rotatable bonds is 7. The van der Waals surface area contributed by atoms with Crippen LogP contribution in [-0.4, -0.2) is 110 Å². The first-order chi connectivity index (χ1) is 13.6. The van der Waals surface area contributed by atoms with E-state index in [0.29, 0.717) is 6.42 Å². The molecule has 0 aromatic heterocycles. The zero-order valence-corrected chi connectivity index (χ0v) is 16.2. The number of hydrogen-bond acceptors (Lipinski definition) is 11. The Kier molecular flexibility index (Phi) is 8.72. The lowest BCUT2D eigenvalue weighted by Crippen LogP contribution is -2.68. The zero-order chi connectivity index (χ0) is 21.9. The maximum atomic E-state index is 12.0. The van der Waals surface area contributed by atoms with E-state index in [0.717, 1.165) is 0 Å². The van der Waals surface area contributed by atoms with Crippen molar-refractivity contribution in [2.75, 3.05) is 6.61 Å². The molecule has 12 heteroatoms. The summed E-state index contributed by atoms with van der Waals surface area (Å²) >= 11 is 0. The SMILES string of the molecule is CCC[C@H](O)C(=O)N[C@@H]1CC(N)[C@H](O[C@@H]2OC(CO)[C@H](O)[C@H](O)C2N)[C@H](O)C1O. The molecule has 170 valence electrons. The maximum absolute atomic E-state index is 12.0. The largest absolute Gasteiger partial charge is 0.394 e. The lowest BCUT2D eigenvalue weighted by molar-refractivity contribution is -0.294. The molecule has 4 unspecified atom stereocenters. The van der Waals surface area contributed by atoms with Gasteiger partial charge < -0.3 is 56.9 Å². The molecule has 2 aliphatic rings. The topological polar surface area (TPSA) is 221 Å². The Bertz CT molecular complexity index is 540. The van der Waals surface area contributed by atoms with E-state index in [1.807, 2.05) is 6.92 Å². The van der Waals surface area contributed by atoms with Crippen LogP contribution in [0.4, 0.5) is 0 Å². The molecule has 0 bridgehead atoms. The fourth-order valence-electron chi connectivity index (χ4n) is 3.64. The summed E-state index contributed by atoms with van der Waals surface area (Å²) in [6, 6.07) is -2.95. The molecule has 0 aromatic carbocycles. The summed E-state index contributed by atoms with van der Waals surface area (Å²) in [6.45, 7) is 1.21. The monoisotopic (exact) mass is 423 g/mol. The van der Waals surface area contributed by atoms with Crippen molar-refractivity contribution in [1.29, 1.82) is 0 Å². The molecule has 1 aliphatic carbocycles. The van der Waals surface area contributed by atoms with Gasteiger partial charge in [0.2, 0.25) is 5.91 Å². The van der Waals surface area contributed by atoms with E-state index in [1.165, 1.54) is 0 Å². The smallest absolute Gasteiger partial charge is 0.249 e. The highest BCUT2D eigenvalue weighted by Gasteiger charge is 2.48.